The third kappa shape index (κ3) is 4.34. The van der Waals surface area contributed by atoms with Crippen LogP contribution in [0.4, 0.5) is 4.79 Å². The van der Waals surface area contributed by atoms with Crippen molar-refractivity contribution in [3.05, 3.63) is 51.9 Å². The number of carbonyl (C=O) groups excluding carboxylic acids is 3. The Balaban J connectivity index is 1.54. The largest absolute Gasteiger partial charge is 0.493 e. The molecule has 2 bridgehead atoms. The van der Waals surface area contributed by atoms with E-state index in [-0.39, 0.29) is 30.4 Å². The molecule has 1 aromatic heterocycles. The van der Waals surface area contributed by atoms with E-state index in [1.807, 2.05) is 10.6 Å². The van der Waals surface area contributed by atoms with Crippen molar-refractivity contribution in [2.75, 3.05) is 55.1 Å². The van der Waals surface area contributed by atoms with Crippen LogP contribution in [0.5, 0.6) is 17.2 Å². The minimum atomic E-state index is -1.55. The predicted octanol–water partition coefficient (Wildman–Crippen LogP) is 1.57. The van der Waals surface area contributed by atoms with E-state index in [2.05, 4.69) is 4.90 Å². The van der Waals surface area contributed by atoms with E-state index in [4.69, 9.17) is 14.2 Å². The number of imide groups is 2. The molecule has 2 fully saturated rings. The van der Waals surface area contributed by atoms with Crippen molar-refractivity contribution in [3.63, 3.8) is 0 Å². The molecule has 0 aliphatic carbocycles. The molecule has 0 spiro atoms. The lowest BCUT2D eigenvalue weighted by atomic mass is 9.75. The Hall–Kier alpha value is -3.86. The number of nitrogens with zero attached hydrogens (tertiary/aromatic N) is 4. The number of aromatic nitrogens is 1. The van der Waals surface area contributed by atoms with Crippen molar-refractivity contribution in [1.82, 2.24) is 19.3 Å². The van der Waals surface area contributed by atoms with Crippen LogP contribution in [0.1, 0.15) is 23.6 Å². The highest BCUT2D eigenvalue weighted by molar-refractivity contribution is 6.19. The number of hydrogen-bond acceptors (Lipinski definition) is 8. The van der Waals surface area contributed by atoms with E-state index >= 15 is 0 Å². The van der Waals surface area contributed by atoms with Gasteiger partial charge in [0, 0.05) is 58.0 Å². The second kappa shape index (κ2) is 10.0. The molecule has 2 saturated heterocycles. The Kier molecular flexibility index (Phi) is 6.88. The van der Waals surface area contributed by atoms with Gasteiger partial charge in [0.1, 0.15) is 5.41 Å². The van der Waals surface area contributed by atoms with Gasteiger partial charge in [-0.3, -0.25) is 24.2 Å². The molecule has 2 aromatic rings. The van der Waals surface area contributed by atoms with Crippen molar-refractivity contribution in [2.45, 2.75) is 25.3 Å². The number of piperidine rings is 1. The second-order valence-electron chi connectivity index (χ2n) is 10.7. The number of benzene rings is 1. The van der Waals surface area contributed by atoms with Gasteiger partial charge in [0.15, 0.2) is 11.5 Å². The zero-order valence-electron chi connectivity index (χ0n) is 22.9. The molecular weight excluding hydrogens is 504 g/mol. The highest BCUT2D eigenvalue weighted by atomic mass is 16.5. The molecule has 11 heteroatoms. The van der Waals surface area contributed by atoms with Crippen LogP contribution < -0.4 is 19.8 Å². The van der Waals surface area contributed by atoms with E-state index in [9.17, 15) is 19.2 Å². The molecule has 3 aliphatic rings. The van der Waals surface area contributed by atoms with Gasteiger partial charge in [0.2, 0.25) is 17.6 Å². The molecule has 3 aliphatic heterocycles. The number of barbiturate groups is 1. The number of likely N-dealkylation sites (tertiary alicyclic amines) is 1. The van der Waals surface area contributed by atoms with Crippen LogP contribution in [-0.2, 0) is 22.6 Å². The van der Waals surface area contributed by atoms with Crippen LogP contribution in [-0.4, -0.2) is 92.2 Å². The number of methoxy groups -OCH3 is 3. The van der Waals surface area contributed by atoms with Gasteiger partial charge < -0.3 is 23.7 Å². The van der Waals surface area contributed by atoms with Gasteiger partial charge in [-0.25, -0.2) is 4.79 Å². The summed E-state index contributed by atoms with van der Waals surface area (Å²) < 4.78 is 18.3. The summed E-state index contributed by atoms with van der Waals surface area (Å²) in [5.74, 6) is 0.445. The van der Waals surface area contributed by atoms with Crippen molar-refractivity contribution < 1.29 is 28.6 Å². The number of carbonyl (C=O) groups is 3. The quantitative estimate of drug-likeness (QED) is 0.489. The Bertz CT molecular complexity index is 1340. The Morgan fingerprint density at radius 3 is 2.10 bits per heavy atom. The first-order valence-corrected chi connectivity index (χ1v) is 12.9. The first-order valence-electron chi connectivity index (χ1n) is 12.9. The van der Waals surface area contributed by atoms with Gasteiger partial charge in [-0.2, -0.15) is 0 Å². The maximum absolute atomic E-state index is 13.9. The summed E-state index contributed by atoms with van der Waals surface area (Å²) >= 11 is 0. The summed E-state index contributed by atoms with van der Waals surface area (Å²) in [5.41, 5.74) is 0.0579. The number of amides is 4. The van der Waals surface area contributed by atoms with Crippen molar-refractivity contribution in [1.29, 1.82) is 0 Å². The predicted molar refractivity (Wildman–Crippen MR) is 141 cm³/mol. The van der Waals surface area contributed by atoms with E-state index < -0.39 is 23.3 Å². The number of ether oxygens (including phenoxy) is 3. The summed E-state index contributed by atoms with van der Waals surface area (Å²) in [4.78, 5) is 57.2. The fourth-order valence-corrected chi connectivity index (χ4v) is 6.57. The average molecular weight is 539 g/mol. The lowest BCUT2D eigenvalue weighted by Crippen LogP contribution is -2.67. The normalized spacial score (nSPS) is 22.5. The van der Waals surface area contributed by atoms with Crippen LogP contribution in [0.25, 0.3) is 0 Å². The molecule has 0 saturated carbocycles. The summed E-state index contributed by atoms with van der Waals surface area (Å²) in [6.45, 7) is 1.96. The number of rotatable bonds is 7. The van der Waals surface area contributed by atoms with Crippen molar-refractivity contribution in [2.24, 2.45) is 11.3 Å². The van der Waals surface area contributed by atoms with E-state index in [0.29, 0.717) is 42.4 Å². The minimum absolute atomic E-state index is 0.00563. The Morgan fingerprint density at radius 1 is 0.872 bits per heavy atom. The molecule has 1 aromatic carbocycles. The molecule has 4 amide bonds. The SMILES string of the molecule is COc1cc(CC2(CN3C[C@H]4C[C@H](C3)c3cccc(=O)n3C4)C(=O)N(C)C(=O)N(C)C2=O)cc(OC)c1OC. The maximum atomic E-state index is 13.9. The number of fused-ring (bicyclic) bond motifs is 4. The molecule has 4 heterocycles. The molecule has 0 radical (unpaired) electrons. The van der Waals surface area contributed by atoms with E-state index in [0.717, 1.165) is 21.9 Å². The van der Waals surface area contributed by atoms with Gasteiger partial charge in [0.05, 0.1) is 21.3 Å². The lowest BCUT2D eigenvalue weighted by molar-refractivity contribution is -0.159. The fourth-order valence-electron chi connectivity index (χ4n) is 6.57. The van der Waals surface area contributed by atoms with Crippen LogP contribution >= 0.6 is 0 Å². The van der Waals surface area contributed by atoms with Crippen LogP contribution in [0, 0.1) is 11.3 Å². The summed E-state index contributed by atoms with van der Waals surface area (Å²) in [5, 5.41) is 0. The monoisotopic (exact) mass is 538 g/mol. The molecule has 0 N–H and O–H groups in total. The van der Waals surface area contributed by atoms with Crippen LogP contribution in [0.15, 0.2) is 35.1 Å². The molecule has 0 unspecified atom stereocenters. The van der Waals surface area contributed by atoms with Crippen LogP contribution in [0.2, 0.25) is 0 Å². The lowest BCUT2D eigenvalue weighted by Gasteiger charge is -2.48. The Morgan fingerprint density at radius 2 is 1.51 bits per heavy atom. The summed E-state index contributed by atoms with van der Waals surface area (Å²) in [6, 6.07) is 8.14. The first kappa shape index (κ1) is 26.7. The highest BCUT2D eigenvalue weighted by Crippen LogP contribution is 2.43. The number of pyridine rings is 1. The summed E-state index contributed by atoms with van der Waals surface area (Å²) in [6.07, 6.45) is 0.977. The zero-order chi connectivity index (χ0) is 28.1. The fraction of sp³-hybridized carbons (Fsp3) is 0.500. The third-order valence-electron chi connectivity index (χ3n) is 8.28. The minimum Gasteiger partial charge on any atom is -0.493 e. The van der Waals surface area contributed by atoms with Gasteiger partial charge in [-0.05, 0) is 42.5 Å². The topological polar surface area (TPSA) is 111 Å². The zero-order valence-corrected chi connectivity index (χ0v) is 22.9. The number of urea groups is 1. The van der Waals surface area contributed by atoms with E-state index in [1.165, 1.54) is 35.4 Å². The van der Waals surface area contributed by atoms with Crippen molar-refractivity contribution in [3.8, 4) is 17.2 Å². The molecule has 11 nitrogen and oxygen atoms in total. The molecule has 2 atom stereocenters. The summed E-state index contributed by atoms with van der Waals surface area (Å²) in [7, 11) is 7.33. The maximum Gasteiger partial charge on any atom is 0.332 e. The smallest absolute Gasteiger partial charge is 0.332 e. The highest BCUT2D eigenvalue weighted by Gasteiger charge is 2.56. The molecule has 39 heavy (non-hydrogen) atoms. The molecule has 5 rings (SSSR count). The third-order valence-corrected chi connectivity index (χ3v) is 8.28. The standard InChI is InChI=1S/C28H34N4O7/c1-29-25(34)28(26(35)30(2)27(29)36,12-17-10-21(37-3)24(39-5)22(11-17)38-4)16-31-13-18-9-19(15-31)20-7-6-8-23(33)32(20)14-18/h6-8,10-11,18-19H,9,12-16H2,1-5H3/t18-,19-/m1/s1. The van der Waals surface area contributed by atoms with Crippen LogP contribution in [0.3, 0.4) is 0 Å². The number of hydrogen-bond donors (Lipinski definition) is 0. The second-order valence-corrected chi connectivity index (χ2v) is 10.7. The molecule has 208 valence electrons. The molecular formula is C28H34N4O7. The first-order chi connectivity index (χ1) is 18.6. The van der Waals surface area contributed by atoms with Crippen molar-refractivity contribution >= 4 is 17.8 Å². The Labute approximate surface area is 226 Å². The van der Waals surface area contributed by atoms with Gasteiger partial charge in [0.25, 0.3) is 5.56 Å². The van der Waals surface area contributed by atoms with Gasteiger partial charge >= 0.3 is 6.03 Å². The van der Waals surface area contributed by atoms with Gasteiger partial charge in [-0.1, -0.05) is 6.07 Å². The van der Waals surface area contributed by atoms with Gasteiger partial charge in [-0.15, -0.1) is 0 Å². The van der Waals surface area contributed by atoms with E-state index in [1.54, 1.807) is 24.3 Å². The average Bonchev–Trinajstić information content (AvgIpc) is 2.94.